The molecular weight excluding hydrogens is 539 g/mol. The van der Waals surface area contributed by atoms with Crippen molar-refractivity contribution in [3.8, 4) is 17.2 Å². The molecule has 3 aromatic carbocycles. The molecule has 0 saturated heterocycles. The number of alkyl halides is 6. The fourth-order valence-corrected chi connectivity index (χ4v) is 4.32. The van der Waals surface area contributed by atoms with Crippen molar-refractivity contribution in [2.24, 2.45) is 0 Å². The van der Waals surface area contributed by atoms with Crippen LogP contribution in [0.2, 0.25) is 0 Å². The molecule has 2 N–H and O–H groups in total. The van der Waals surface area contributed by atoms with E-state index in [-0.39, 0.29) is 40.6 Å². The molecule has 0 aliphatic carbocycles. The molecule has 0 bridgehead atoms. The van der Waals surface area contributed by atoms with Crippen LogP contribution in [0, 0.1) is 5.82 Å². The van der Waals surface area contributed by atoms with Crippen molar-refractivity contribution < 1.29 is 49.7 Å². The van der Waals surface area contributed by atoms with Crippen molar-refractivity contribution >= 4 is 23.0 Å². The summed E-state index contributed by atoms with van der Waals surface area (Å²) in [5.74, 6) is -6.39. The first kappa shape index (κ1) is 24.7. The highest BCUT2D eigenvalue weighted by Gasteiger charge is 2.66. The third-order valence-corrected chi connectivity index (χ3v) is 6.17. The predicted octanol–water partition coefficient (Wildman–Crippen LogP) is 6.14. The topological polar surface area (TPSA) is 72.1 Å². The number of ether oxygens (including phenoxy) is 3. The molecule has 0 radical (unpaired) electrons. The second-order valence-electron chi connectivity index (χ2n) is 8.72. The van der Waals surface area contributed by atoms with Gasteiger partial charge in [0.25, 0.3) is 0 Å². The number of hydrogen-bond acceptors (Lipinski definition) is 5. The van der Waals surface area contributed by atoms with Crippen LogP contribution in [0.1, 0.15) is 16.7 Å². The molecule has 3 aromatic rings. The number of anilines is 1. The average molecular weight is 553 g/mol. The van der Waals surface area contributed by atoms with Crippen LogP contribution in [0.15, 0.2) is 60.7 Å². The quantitative estimate of drug-likeness (QED) is 0.381. The molecule has 6 rings (SSSR count). The highest BCUT2D eigenvalue weighted by atomic mass is 19.3. The van der Waals surface area contributed by atoms with Crippen LogP contribution in [-0.4, -0.2) is 30.0 Å². The highest BCUT2D eigenvalue weighted by molar-refractivity contribution is 5.98. The van der Waals surface area contributed by atoms with Crippen molar-refractivity contribution in [2.75, 3.05) is 11.9 Å². The van der Waals surface area contributed by atoms with Crippen molar-refractivity contribution in [2.45, 2.75) is 18.3 Å². The molecule has 3 aliphatic heterocycles. The van der Waals surface area contributed by atoms with E-state index in [2.05, 4.69) is 25.0 Å². The molecule has 0 fully saturated rings. The van der Waals surface area contributed by atoms with Gasteiger partial charge in [0, 0.05) is 17.3 Å². The van der Waals surface area contributed by atoms with Gasteiger partial charge >= 0.3 is 24.4 Å². The van der Waals surface area contributed by atoms with E-state index in [9.17, 15) is 35.5 Å². The molecule has 3 heterocycles. The van der Waals surface area contributed by atoms with Gasteiger partial charge in [0.15, 0.2) is 11.5 Å². The first-order valence-electron chi connectivity index (χ1n) is 11.2. The minimum atomic E-state index is -4.74. The summed E-state index contributed by atoms with van der Waals surface area (Å²) >= 11 is 0. The standard InChI is InChI=1S/C25H14F7N3O4/c26-14-4-1-12(2-5-14)21-16(13-3-7-18-17(9-13)23(27,28)24(29,30)37-18)11-35(34-21)22(36)33-15-6-8-19-20(10-15)39-25(31,32)38-19/h1-10,34H,11H2,(H,33,36). The largest absolute Gasteiger partial charge is 0.586 e. The number of hydrogen-bond donors (Lipinski definition) is 2. The van der Waals surface area contributed by atoms with Crippen molar-refractivity contribution in [3.63, 3.8) is 0 Å². The smallest absolute Gasteiger partial charge is 0.427 e. The molecule has 0 atom stereocenters. The zero-order chi connectivity index (χ0) is 27.7. The molecule has 0 spiro atoms. The van der Waals surface area contributed by atoms with E-state index in [1.807, 2.05) is 0 Å². The number of carbonyl (C=O) groups excluding carboxylic acids is 1. The lowest BCUT2D eigenvalue weighted by Gasteiger charge is -2.19. The zero-order valence-corrected chi connectivity index (χ0v) is 19.2. The second-order valence-corrected chi connectivity index (χ2v) is 8.72. The molecule has 0 aromatic heterocycles. The number of benzene rings is 3. The Morgan fingerprint density at radius 3 is 2.23 bits per heavy atom. The lowest BCUT2D eigenvalue weighted by molar-refractivity contribution is -0.296. The molecule has 0 unspecified atom stereocenters. The van der Waals surface area contributed by atoms with Gasteiger partial charge in [-0.2, -0.15) is 17.6 Å². The van der Waals surface area contributed by atoms with Crippen LogP contribution in [0.3, 0.4) is 0 Å². The number of hydrazine groups is 1. The molecule has 3 aliphatic rings. The minimum Gasteiger partial charge on any atom is -0.427 e. The summed E-state index contributed by atoms with van der Waals surface area (Å²) in [6.07, 6.45) is -8.59. The highest BCUT2D eigenvalue weighted by Crippen LogP contribution is 2.54. The van der Waals surface area contributed by atoms with Crippen molar-refractivity contribution in [1.29, 1.82) is 0 Å². The summed E-state index contributed by atoms with van der Waals surface area (Å²) in [5.41, 5.74) is 2.73. The monoisotopic (exact) mass is 553 g/mol. The van der Waals surface area contributed by atoms with Crippen LogP contribution in [0.5, 0.6) is 17.2 Å². The summed E-state index contributed by atoms with van der Waals surface area (Å²) in [4.78, 5) is 13.0. The number of fused-ring (bicyclic) bond motifs is 2. The third kappa shape index (κ3) is 4.11. The Bertz CT molecular complexity index is 1540. The Hall–Kier alpha value is -4.62. The lowest BCUT2D eigenvalue weighted by Crippen LogP contribution is -2.40. The first-order chi connectivity index (χ1) is 18.3. The third-order valence-electron chi connectivity index (χ3n) is 6.17. The number of halogens is 7. The van der Waals surface area contributed by atoms with Gasteiger partial charge in [-0.25, -0.2) is 14.2 Å². The maximum absolute atomic E-state index is 14.3. The predicted molar refractivity (Wildman–Crippen MR) is 121 cm³/mol. The minimum absolute atomic E-state index is 0.0650. The van der Waals surface area contributed by atoms with E-state index in [0.29, 0.717) is 5.56 Å². The van der Waals surface area contributed by atoms with Gasteiger partial charge in [-0.3, -0.25) is 5.43 Å². The summed E-state index contributed by atoms with van der Waals surface area (Å²) in [5, 5.41) is 3.51. The number of nitrogens with one attached hydrogen (secondary N) is 2. The lowest BCUT2D eigenvalue weighted by atomic mass is 9.97. The van der Waals surface area contributed by atoms with Gasteiger partial charge in [-0.15, -0.1) is 8.78 Å². The summed E-state index contributed by atoms with van der Waals surface area (Å²) < 4.78 is 109. The van der Waals surface area contributed by atoms with E-state index < -0.39 is 41.5 Å². The van der Waals surface area contributed by atoms with E-state index >= 15 is 0 Å². The van der Waals surface area contributed by atoms with Crippen molar-refractivity contribution in [1.82, 2.24) is 10.4 Å². The normalized spacial score (nSPS) is 19.4. The van der Waals surface area contributed by atoms with Gasteiger partial charge in [0.05, 0.1) is 17.8 Å². The van der Waals surface area contributed by atoms with Crippen LogP contribution in [0.25, 0.3) is 11.3 Å². The van der Waals surface area contributed by atoms with Crippen LogP contribution in [0.4, 0.5) is 41.2 Å². The van der Waals surface area contributed by atoms with E-state index in [1.165, 1.54) is 30.3 Å². The maximum atomic E-state index is 14.3. The van der Waals surface area contributed by atoms with E-state index in [4.69, 9.17) is 0 Å². The molecule has 2 amide bonds. The molecular formula is C25H14F7N3O4. The van der Waals surface area contributed by atoms with E-state index in [1.54, 1.807) is 0 Å². The Morgan fingerprint density at radius 2 is 1.49 bits per heavy atom. The number of amides is 2. The molecule has 7 nitrogen and oxygen atoms in total. The zero-order valence-electron chi connectivity index (χ0n) is 19.2. The average Bonchev–Trinajstić information content (AvgIpc) is 3.49. The molecule has 0 saturated carbocycles. The number of nitrogens with zero attached hydrogens (tertiary/aromatic N) is 1. The van der Waals surface area contributed by atoms with Gasteiger partial charge in [0.2, 0.25) is 0 Å². The fraction of sp³-hybridized carbons (Fsp3) is 0.160. The van der Waals surface area contributed by atoms with Crippen molar-refractivity contribution in [3.05, 3.63) is 83.2 Å². The Morgan fingerprint density at radius 1 is 0.821 bits per heavy atom. The summed E-state index contributed by atoms with van der Waals surface area (Å²) in [6, 6.07) is 10.9. The summed E-state index contributed by atoms with van der Waals surface area (Å²) in [6.45, 7) is -0.247. The Kier molecular flexibility index (Phi) is 5.19. The SMILES string of the molecule is O=C(Nc1ccc2c(c1)OC(F)(F)O2)N1CC(c2ccc3c(c2)C(F)(F)C(F)(F)O3)=C(c2ccc(F)cc2)N1. The molecule has 14 heteroatoms. The van der Waals surface area contributed by atoms with Gasteiger partial charge in [-0.05, 0) is 59.7 Å². The number of urea groups is 1. The van der Waals surface area contributed by atoms with E-state index in [0.717, 1.165) is 35.3 Å². The summed E-state index contributed by atoms with van der Waals surface area (Å²) in [7, 11) is 0. The number of carbonyl (C=O) groups is 1. The van der Waals surface area contributed by atoms with Crippen LogP contribution >= 0.6 is 0 Å². The maximum Gasteiger partial charge on any atom is 0.586 e. The first-order valence-corrected chi connectivity index (χ1v) is 11.2. The van der Waals surface area contributed by atoms with Gasteiger partial charge in [0.1, 0.15) is 11.6 Å². The fourth-order valence-electron chi connectivity index (χ4n) is 4.32. The Labute approximate surface area is 214 Å². The second kappa shape index (κ2) is 8.19. The van der Waals surface area contributed by atoms with Crippen LogP contribution < -0.4 is 25.0 Å². The van der Waals surface area contributed by atoms with Crippen LogP contribution in [-0.2, 0) is 5.92 Å². The molecule has 39 heavy (non-hydrogen) atoms. The van der Waals surface area contributed by atoms with Gasteiger partial charge in [-0.1, -0.05) is 6.07 Å². The molecule has 202 valence electrons. The van der Waals surface area contributed by atoms with Gasteiger partial charge < -0.3 is 19.5 Å². The number of rotatable bonds is 3. The Balaban J connectivity index is 1.31.